The van der Waals surface area contributed by atoms with Crippen LogP contribution in [0.3, 0.4) is 0 Å². The fraction of sp³-hybridized carbons (Fsp3) is 0.714. The molecule has 0 spiro atoms. The van der Waals surface area contributed by atoms with Gasteiger partial charge in [0, 0.05) is 19.1 Å². The van der Waals surface area contributed by atoms with E-state index in [1.807, 2.05) is 25.5 Å². The van der Waals surface area contributed by atoms with Crippen LogP contribution in [-0.2, 0) is 28.9 Å². The minimum Gasteiger partial charge on any atom is -0.378 e. The SMILES string of the molecule is CCc1nn(CC)c(CC(=O)C2CCOC2C)c1Cl. The molecule has 2 rings (SSSR count). The molecule has 0 aromatic carbocycles. The van der Waals surface area contributed by atoms with Gasteiger partial charge in [-0.2, -0.15) is 5.10 Å². The van der Waals surface area contributed by atoms with Gasteiger partial charge in [0.15, 0.2) is 0 Å². The van der Waals surface area contributed by atoms with E-state index in [1.165, 1.54) is 0 Å². The Hall–Kier alpha value is -0.870. The van der Waals surface area contributed by atoms with Gasteiger partial charge in [0.05, 0.1) is 28.9 Å². The molecule has 1 aliphatic rings. The van der Waals surface area contributed by atoms with Crippen molar-refractivity contribution in [2.75, 3.05) is 6.61 Å². The largest absolute Gasteiger partial charge is 0.378 e. The molecule has 0 amide bonds. The number of hydrogen-bond donors (Lipinski definition) is 0. The van der Waals surface area contributed by atoms with Gasteiger partial charge in [-0.15, -0.1) is 0 Å². The van der Waals surface area contributed by atoms with Gasteiger partial charge >= 0.3 is 0 Å². The predicted octanol–water partition coefficient (Wildman–Crippen LogP) is 2.66. The van der Waals surface area contributed by atoms with Gasteiger partial charge in [-0.05, 0) is 26.7 Å². The lowest BCUT2D eigenvalue weighted by atomic mass is 9.94. The third-order valence-corrected chi connectivity index (χ3v) is 4.26. The van der Waals surface area contributed by atoms with Crippen LogP contribution >= 0.6 is 11.6 Å². The number of aryl methyl sites for hydroxylation is 2. The van der Waals surface area contributed by atoms with Crippen molar-refractivity contribution in [3.05, 3.63) is 16.4 Å². The first-order chi connectivity index (χ1) is 9.08. The average Bonchev–Trinajstić information content (AvgIpc) is 2.95. The van der Waals surface area contributed by atoms with Gasteiger partial charge in [0.1, 0.15) is 5.78 Å². The topological polar surface area (TPSA) is 44.1 Å². The summed E-state index contributed by atoms with van der Waals surface area (Å²) >= 11 is 6.33. The van der Waals surface area contributed by atoms with Crippen molar-refractivity contribution >= 4 is 17.4 Å². The molecule has 0 saturated carbocycles. The highest BCUT2D eigenvalue weighted by Gasteiger charge is 2.31. The zero-order valence-corrected chi connectivity index (χ0v) is 12.5. The van der Waals surface area contributed by atoms with Crippen molar-refractivity contribution in [2.24, 2.45) is 5.92 Å². The number of nitrogens with zero attached hydrogens (tertiary/aromatic N) is 2. The number of halogens is 1. The van der Waals surface area contributed by atoms with Crippen molar-refractivity contribution < 1.29 is 9.53 Å². The van der Waals surface area contributed by atoms with Crippen molar-refractivity contribution in [1.82, 2.24) is 9.78 Å². The normalized spacial score (nSPS) is 22.9. The van der Waals surface area contributed by atoms with E-state index in [0.717, 1.165) is 30.8 Å². The predicted molar refractivity (Wildman–Crippen MR) is 74.5 cm³/mol. The molecule has 1 aromatic rings. The third kappa shape index (κ3) is 2.84. The van der Waals surface area contributed by atoms with E-state index in [4.69, 9.17) is 16.3 Å². The van der Waals surface area contributed by atoms with E-state index in [2.05, 4.69) is 5.10 Å². The Labute approximate surface area is 119 Å². The standard InChI is InChI=1S/C14H21ClN2O2/c1-4-11-14(15)12(17(5-2)16-11)8-13(18)10-6-7-19-9(10)3/h9-10H,4-8H2,1-3H3. The van der Waals surface area contributed by atoms with Crippen LogP contribution < -0.4 is 0 Å². The van der Waals surface area contributed by atoms with Crippen molar-refractivity contribution in [1.29, 1.82) is 0 Å². The van der Waals surface area contributed by atoms with Gasteiger partial charge in [-0.1, -0.05) is 18.5 Å². The molecule has 5 heteroatoms. The van der Waals surface area contributed by atoms with Gasteiger partial charge in [0.25, 0.3) is 0 Å². The van der Waals surface area contributed by atoms with Crippen LogP contribution in [0.1, 0.15) is 38.6 Å². The number of carbonyl (C=O) groups excluding carboxylic acids is 1. The Morgan fingerprint density at radius 1 is 1.53 bits per heavy atom. The van der Waals surface area contributed by atoms with Crippen LogP contribution in [0.4, 0.5) is 0 Å². The lowest BCUT2D eigenvalue weighted by Gasteiger charge is -2.13. The van der Waals surface area contributed by atoms with Gasteiger partial charge in [-0.3, -0.25) is 9.48 Å². The molecule has 2 atom stereocenters. The van der Waals surface area contributed by atoms with Gasteiger partial charge in [-0.25, -0.2) is 0 Å². The number of rotatable bonds is 5. The zero-order valence-electron chi connectivity index (χ0n) is 11.8. The molecular weight excluding hydrogens is 264 g/mol. The monoisotopic (exact) mass is 284 g/mol. The van der Waals surface area contributed by atoms with Crippen LogP contribution in [0.25, 0.3) is 0 Å². The Kier molecular flexibility index (Phi) is 4.63. The quantitative estimate of drug-likeness (QED) is 0.835. The van der Waals surface area contributed by atoms with E-state index < -0.39 is 0 Å². The average molecular weight is 285 g/mol. The van der Waals surface area contributed by atoms with Gasteiger partial charge < -0.3 is 4.74 Å². The summed E-state index contributed by atoms with van der Waals surface area (Å²) in [5.74, 6) is 0.213. The van der Waals surface area contributed by atoms with Crippen LogP contribution in [0.5, 0.6) is 0 Å². The first kappa shape index (κ1) is 14.5. The number of Topliss-reactive ketones (excluding diaryl/α,β-unsaturated/α-hetero) is 1. The van der Waals surface area contributed by atoms with Crippen molar-refractivity contribution in [3.63, 3.8) is 0 Å². The summed E-state index contributed by atoms with van der Waals surface area (Å²) in [6.07, 6.45) is 1.99. The molecule has 0 bridgehead atoms. The summed E-state index contributed by atoms with van der Waals surface area (Å²) < 4.78 is 7.31. The highest BCUT2D eigenvalue weighted by molar-refractivity contribution is 6.32. The molecule has 2 heterocycles. The van der Waals surface area contributed by atoms with Crippen LogP contribution in [0, 0.1) is 5.92 Å². The molecule has 106 valence electrons. The summed E-state index contributed by atoms with van der Waals surface area (Å²) in [5.41, 5.74) is 1.73. The molecule has 0 radical (unpaired) electrons. The smallest absolute Gasteiger partial charge is 0.144 e. The Morgan fingerprint density at radius 3 is 2.79 bits per heavy atom. The molecule has 0 N–H and O–H groups in total. The van der Waals surface area contributed by atoms with E-state index in [9.17, 15) is 4.79 Å². The minimum absolute atomic E-state index is 0.00125. The summed E-state index contributed by atoms with van der Waals surface area (Å²) in [4.78, 5) is 12.4. The number of ether oxygens (including phenoxy) is 1. The number of aromatic nitrogens is 2. The number of carbonyl (C=O) groups is 1. The molecular formula is C14H21ClN2O2. The summed E-state index contributed by atoms with van der Waals surface area (Å²) in [7, 11) is 0. The van der Waals surface area contributed by atoms with Crippen LogP contribution in [0.15, 0.2) is 0 Å². The summed E-state index contributed by atoms with van der Waals surface area (Å²) in [5, 5.41) is 5.10. The Morgan fingerprint density at radius 2 is 2.26 bits per heavy atom. The number of ketones is 1. The molecule has 1 aromatic heterocycles. The maximum absolute atomic E-state index is 12.4. The lowest BCUT2D eigenvalue weighted by molar-refractivity contribution is -0.123. The fourth-order valence-corrected chi connectivity index (χ4v) is 2.97. The van der Waals surface area contributed by atoms with E-state index in [-0.39, 0.29) is 17.8 Å². The minimum atomic E-state index is 0.00125. The second kappa shape index (κ2) is 6.06. The molecule has 19 heavy (non-hydrogen) atoms. The van der Waals surface area contributed by atoms with Crippen LogP contribution in [-0.4, -0.2) is 28.3 Å². The second-order valence-corrected chi connectivity index (χ2v) is 5.37. The maximum atomic E-state index is 12.4. The first-order valence-electron chi connectivity index (χ1n) is 6.96. The highest BCUT2D eigenvalue weighted by atomic mass is 35.5. The van der Waals surface area contributed by atoms with Gasteiger partial charge in [0.2, 0.25) is 0 Å². The van der Waals surface area contributed by atoms with Crippen molar-refractivity contribution in [3.8, 4) is 0 Å². The Bertz CT molecular complexity index is 470. The van der Waals surface area contributed by atoms with E-state index >= 15 is 0 Å². The van der Waals surface area contributed by atoms with E-state index in [1.54, 1.807) is 0 Å². The molecule has 0 aliphatic carbocycles. The molecule has 4 nitrogen and oxygen atoms in total. The number of hydrogen-bond acceptors (Lipinski definition) is 3. The summed E-state index contributed by atoms with van der Waals surface area (Å²) in [6, 6.07) is 0. The Balaban J connectivity index is 2.18. The maximum Gasteiger partial charge on any atom is 0.144 e. The molecule has 2 unspecified atom stereocenters. The second-order valence-electron chi connectivity index (χ2n) is 4.99. The van der Waals surface area contributed by atoms with E-state index in [0.29, 0.717) is 18.1 Å². The summed E-state index contributed by atoms with van der Waals surface area (Å²) in [6.45, 7) is 7.41. The fourth-order valence-electron chi connectivity index (χ4n) is 2.64. The molecule has 1 aliphatic heterocycles. The molecule has 1 saturated heterocycles. The first-order valence-corrected chi connectivity index (χ1v) is 7.34. The third-order valence-electron chi connectivity index (χ3n) is 3.83. The molecule has 1 fully saturated rings. The van der Waals surface area contributed by atoms with Crippen molar-refractivity contribution in [2.45, 2.75) is 52.7 Å². The highest BCUT2D eigenvalue weighted by Crippen LogP contribution is 2.27. The lowest BCUT2D eigenvalue weighted by Crippen LogP contribution is -2.24. The van der Waals surface area contributed by atoms with Crippen LogP contribution in [0.2, 0.25) is 5.02 Å². The zero-order chi connectivity index (χ0) is 14.0.